The standard InChI is InChI=1S/C11H13Cl2NO3/c1-6(12)11(15)14-8-5-9(16-2)7(13)4-10(8)17-3/h4-6H,1-3H3,(H,14,15). The van der Waals surface area contributed by atoms with Crippen molar-refractivity contribution < 1.29 is 14.3 Å². The summed E-state index contributed by atoms with van der Waals surface area (Å²) in [6.45, 7) is 1.58. The number of benzene rings is 1. The predicted molar refractivity (Wildman–Crippen MR) is 68.5 cm³/mol. The number of ether oxygens (including phenoxy) is 2. The number of methoxy groups -OCH3 is 2. The smallest absolute Gasteiger partial charge is 0.242 e. The minimum atomic E-state index is -0.638. The second kappa shape index (κ2) is 5.98. The number of hydrogen-bond acceptors (Lipinski definition) is 3. The van der Waals surface area contributed by atoms with Crippen molar-refractivity contribution in [3.63, 3.8) is 0 Å². The monoisotopic (exact) mass is 277 g/mol. The topological polar surface area (TPSA) is 47.6 Å². The maximum atomic E-state index is 11.5. The average molecular weight is 278 g/mol. The second-order valence-corrected chi connectivity index (χ2v) is 4.35. The van der Waals surface area contributed by atoms with E-state index in [9.17, 15) is 4.79 Å². The molecule has 94 valence electrons. The summed E-state index contributed by atoms with van der Waals surface area (Å²) in [5.41, 5.74) is 0.464. The van der Waals surface area contributed by atoms with Crippen molar-refractivity contribution in [2.24, 2.45) is 0 Å². The highest BCUT2D eigenvalue weighted by atomic mass is 35.5. The van der Waals surface area contributed by atoms with E-state index in [1.54, 1.807) is 19.1 Å². The van der Waals surface area contributed by atoms with Gasteiger partial charge in [-0.15, -0.1) is 11.6 Å². The molecule has 1 aromatic rings. The van der Waals surface area contributed by atoms with E-state index in [0.29, 0.717) is 22.2 Å². The lowest BCUT2D eigenvalue weighted by molar-refractivity contribution is -0.115. The maximum absolute atomic E-state index is 11.5. The molecule has 0 radical (unpaired) electrons. The highest BCUT2D eigenvalue weighted by Gasteiger charge is 2.15. The molecule has 17 heavy (non-hydrogen) atoms. The number of alkyl halides is 1. The molecule has 1 rings (SSSR count). The Balaban J connectivity index is 3.08. The molecule has 0 aliphatic carbocycles. The lowest BCUT2D eigenvalue weighted by atomic mass is 10.2. The molecule has 0 spiro atoms. The van der Waals surface area contributed by atoms with Crippen LogP contribution in [0.2, 0.25) is 5.02 Å². The predicted octanol–water partition coefficient (Wildman–Crippen LogP) is 2.92. The SMILES string of the molecule is COc1cc(NC(=O)C(C)Cl)c(OC)cc1Cl. The van der Waals surface area contributed by atoms with Crippen LogP contribution in [0, 0.1) is 0 Å². The van der Waals surface area contributed by atoms with Crippen molar-refractivity contribution in [3.8, 4) is 11.5 Å². The second-order valence-electron chi connectivity index (χ2n) is 3.29. The first-order valence-corrected chi connectivity index (χ1v) is 5.67. The largest absolute Gasteiger partial charge is 0.495 e. The van der Waals surface area contributed by atoms with Gasteiger partial charge < -0.3 is 14.8 Å². The van der Waals surface area contributed by atoms with Gasteiger partial charge in [0, 0.05) is 12.1 Å². The van der Waals surface area contributed by atoms with Crippen molar-refractivity contribution >= 4 is 34.8 Å². The first kappa shape index (κ1) is 13.9. The summed E-state index contributed by atoms with van der Waals surface area (Å²) in [5.74, 6) is 0.570. The van der Waals surface area contributed by atoms with Crippen LogP contribution in [0.25, 0.3) is 0 Å². The van der Waals surface area contributed by atoms with E-state index in [1.807, 2.05) is 0 Å². The minimum absolute atomic E-state index is 0.325. The number of halogens is 2. The Morgan fingerprint density at radius 2 is 1.88 bits per heavy atom. The van der Waals surface area contributed by atoms with E-state index in [0.717, 1.165) is 0 Å². The molecule has 0 saturated heterocycles. The van der Waals surface area contributed by atoms with Crippen LogP contribution in [-0.4, -0.2) is 25.5 Å². The fraction of sp³-hybridized carbons (Fsp3) is 0.364. The quantitative estimate of drug-likeness (QED) is 0.861. The Bertz CT molecular complexity index is 421. The number of amides is 1. The van der Waals surface area contributed by atoms with Crippen LogP contribution in [0.1, 0.15) is 6.92 Å². The van der Waals surface area contributed by atoms with Gasteiger partial charge in [-0.25, -0.2) is 0 Å². The number of anilines is 1. The zero-order valence-electron chi connectivity index (χ0n) is 9.71. The Hall–Kier alpha value is -1.13. The van der Waals surface area contributed by atoms with Crippen LogP contribution in [-0.2, 0) is 4.79 Å². The molecule has 1 N–H and O–H groups in total. The van der Waals surface area contributed by atoms with E-state index < -0.39 is 5.38 Å². The van der Waals surface area contributed by atoms with Gasteiger partial charge in [0.25, 0.3) is 0 Å². The lowest BCUT2D eigenvalue weighted by Gasteiger charge is -2.13. The average Bonchev–Trinajstić information content (AvgIpc) is 2.30. The van der Waals surface area contributed by atoms with Gasteiger partial charge >= 0.3 is 0 Å². The molecule has 0 fully saturated rings. The molecule has 0 aliphatic rings. The molecule has 6 heteroatoms. The zero-order valence-corrected chi connectivity index (χ0v) is 11.2. The van der Waals surface area contributed by atoms with Crippen molar-refractivity contribution in [2.75, 3.05) is 19.5 Å². The van der Waals surface area contributed by atoms with Gasteiger partial charge in [-0.2, -0.15) is 0 Å². The van der Waals surface area contributed by atoms with E-state index in [1.165, 1.54) is 14.2 Å². The van der Waals surface area contributed by atoms with Gasteiger partial charge in [0.15, 0.2) is 0 Å². The molecule has 1 aromatic carbocycles. The summed E-state index contributed by atoms with van der Waals surface area (Å²) in [5, 5.41) is 2.39. The summed E-state index contributed by atoms with van der Waals surface area (Å²) in [4.78, 5) is 11.5. The summed E-state index contributed by atoms with van der Waals surface area (Å²) in [6, 6.07) is 3.15. The molecule has 1 amide bonds. The third kappa shape index (κ3) is 3.41. The van der Waals surface area contributed by atoms with Crippen molar-refractivity contribution in [1.82, 2.24) is 0 Å². The van der Waals surface area contributed by atoms with E-state index in [-0.39, 0.29) is 5.91 Å². The summed E-state index contributed by atoms with van der Waals surface area (Å²) in [6.07, 6.45) is 0. The van der Waals surface area contributed by atoms with Crippen molar-refractivity contribution in [1.29, 1.82) is 0 Å². The van der Waals surface area contributed by atoms with Gasteiger partial charge in [-0.3, -0.25) is 4.79 Å². The molecule has 0 aromatic heterocycles. The Labute approximate surface area is 110 Å². The Morgan fingerprint density at radius 3 is 2.35 bits per heavy atom. The van der Waals surface area contributed by atoms with Crippen LogP contribution >= 0.6 is 23.2 Å². The Morgan fingerprint density at radius 1 is 1.29 bits per heavy atom. The van der Waals surface area contributed by atoms with Crippen molar-refractivity contribution in [3.05, 3.63) is 17.2 Å². The number of rotatable bonds is 4. The Kier molecular flexibility index (Phi) is 4.90. The normalized spacial score (nSPS) is 11.8. The minimum Gasteiger partial charge on any atom is -0.495 e. The summed E-state index contributed by atoms with van der Waals surface area (Å²) < 4.78 is 10.2. The molecule has 4 nitrogen and oxygen atoms in total. The molecule has 1 unspecified atom stereocenters. The number of nitrogens with one attached hydrogen (secondary N) is 1. The third-order valence-electron chi connectivity index (χ3n) is 2.09. The summed E-state index contributed by atoms with van der Waals surface area (Å²) in [7, 11) is 2.97. The van der Waals surface area contributed by atoms with Crippen LogP contribution in [0.5, 0.6) is 11.5 Å². The van der Waals surface area contributed by atoms with Crippen LogP contribution in [0.3, 0.4) is 0 Å². The van der Waals surface area contributed by atoms with Gasteiger partial charge in [-0.1, -0.05) is 11.6 Å². The zero-order chi connectivity index (χ0) is 13.0. The molecular formula is C11H13Cl2NO3. The highest BCUT2D eigenvalue weighted by Crippen LogP contribution is 2.35. The summed E-state index contributed by atoms with van der Waals surface area (Å²) >= 11 is 11.6. The first-order valence-electron chi connectivity index (χ1n) is 4.86. The van der Waals surface area contributed by atoms with Crippen LogP contribution in [0.4, 0.5) is 5.69 Å². The van der Waals surface area contributed by atoms with Crippen LogP contribution < -0.4 is 14.8 Å². The highest BCUT2D eigenvalue weighted by molar-refractivity contribution is 6.33. The van der Waals surface area contributed by atoms with E-state index in [2.05, 4.69) is 5.32 Å². The van der Waals surface area contributed by atoms with E-state index >= 15 is 0 Å². The molecule has 0 aliphatic heterocycles. The van der Waals surface area contributed by atoms with Gasteiger partial charge in [0.05, 0.1) is 24.9 Å². The number of carbonyl (C=O) groups excluding carboxylic acids is 1. The van der Waals surface area contributed by atoms with Crippen LogP contribution in [0.15, 0.2) is 12.1 Å². The molecule has 0 bridgehead atoms. The lowest BCUT2D eigenvalue weighted by Crippen LogP contribution is -2.20. The molecular weight excluding hydrogens is 265 g/mol. The molecule has 0 heterocycles. The number of hydrogen-bond donors (Lipinski definition) is 1. The maximum Gasteiger partial charge on any atom is 0.242 e. The fourth-order valence-electron chi connectivity index (χ4n) is 1.19. The molecule has 0 saturated carbocycles. The van der Waals surface area contributed by atoms with Gasteiger partial charge in [0.1, 0.15) is 16.9 Å². The first-order chi connectivity index (χ1) is 7.99. The van der Waals surface area contributed by atoms with Crippen molar-refractivity contribution in [2.45, 2.75) is 12.3 Å². The fourth-order valence-corrected chi connectivity index (χ4v) is 1.48. The van der Waals surface area contributed by atoms with Gasteiger partial charge in [-0.05, 0) is 6.92 Å². The third-order valence-corrected chi connectivity index (χ3v) is 2.59. The van der Waals surface area contributed by atoms with Gasteiger partial charge in [0.2, 0.25) is 5.91 Å². The number of carbonyl (C=O) groups is 1. The molecule has 1 atom stereocenters. The van der Waals surface area contributed by atoms with E-state index in [4.69, 9.17) is 32.7 Å².